The molecule has 3 aliphatic rings. The lowest BCUT2D eigenvalue weighted by molar-refractivity contribution is -0.142. The number of aliphatic hydroxyl groups is 1. The van der Waals surface area contributed by atoms with Crippen molar-refractivity contribution in [2.45, 2.75) is 101 Å². The summed E-state index contributed by atoms with van der Waals surface area (Å²) in [4.78, 5) is 36.8. The number of alkyl halides is 5. The second-order valence-electron chi connectivity index (χ2n) is 10.6. The first-order valence-corrected chi connectivity index (χ1v) is 14.2. The van der Waals surface area contributed by atoms with E-state index in [1.54, 1.807) is 4.90 Å². The SMILES string of the molecule is CC[C@H](Nc1cc(C(F)F)c(-c2sc(C(=O)N[C@@H]3CC[C@@H](O)C3)nc2C(=O)N2[C@H]3CC[C@H]2CC3)cn1)C(F)(F)F. The summed E-state index contributed by atoms with van der Waals surface area (Å²) in [5.74, 6) is -1.43. The zero-order valence-corrected chi connectivity index (χ0v) is 22.5. The van der Waals surface area contributed by atoms with Gasteiger partial charge in [-0.2, -0.15) is 13.2 Å². The minimum atomic E-state index is -4.61. The van der Waals surface area contributed by atoms with Crippen molar-refractivity contribution in [1.29, 1.82) is 0 Å². The number of anilines is 1. The number of fused-ring (bicyclic) bond motifs is 2. The number of thiazole rings is 1. The van der Waals surface area contributed by atoms with Gasteiger partial charge in [0.15, 0.2) is 5.01 Å². The van der Waals surface area contributed by atoms with Gasteiger partial charge in [-0.25, -0.2) is 18.7 Å². The van der Waals surface area contributed by atoms with Gasteiger partial charge in [0, 0.05) is 35.4 Å². The van der Waals surface area contributed by atoms with Crippen molar-refractivity contribution in [2.75, 3.05) is 5.32 Å². The fourth-order valence-electron chi connectivity index (χ4n) is 5.96. The normalized spacial score (nSPS) is 25.1. The molecule has 14 heteroatoms. The highest BCUT2D eigenvalue weighted by Gasteiger charge is 2.44. The average Bonchev–Trinajstić information content (AvgIpc) is 3.70. The van der Waals surface area contributed by atoms with Gasteiger partial charge in [-0.3, -0.25) is 9.59 Å². The molecule has 3 atom stereocenters. The number of carbonyl (C=O) groups excluding carboxylic acids is 2. The van der Waals surface area contributed by atoms with Crippen LogP contribution in [0.3, 0.4) is 0 Å². The zero-order valence-electron chi connectivity index (χ0n) is 21.7. The molecule has 218 valence electrons. The number of rotatable bonds is 8. The topological polar surface area (TPSA) is 107 Å². The number of carbonyl (C=O) groups is 2. The summed E-state index contributed by atoms with van der Waals surface area (Å²) in [7, 11) is 0. The van der Waals surface area contributed by atoms with Crippen molar-refractivity contribution in [3.63, 3.8) is 0 Å². The molecule has 1 aliphatic carbocycles. The van der Waals surface area contributed by atoms with Gasteiger partial charge in [0.1, 0.15) is 17.6 Å². The van der Waals surface area contributed by atoms with Crippen LogP contribution in [0.5, 0.6) is 0 Å². The lowest BCUT2D eigenvalue weighted by atomic mass is 10.0. The first-order valence-electron chi connectivity index (χ1n) is 13.4. The monoisotopic (exact) mass is 587 g/mol. The number of amides is 2. The Bertz CT molecular complexity index is 1250. The Balaban J connectivity index is 1.52. The molecule has 4 heterocycles. The molecule has 2 bridgehead atoms. The predicted molar refractivity (Wildman–Crippen MR) is 137 cm³/mol. The van der Waals surface area contributed by atoms with E-state index in [1.165, 1.54) is 6.92 Å². The molecule has 0 spiro atoms. The molecule has 5 rings (SSSR count). The minimum Gasteiger partial charge on any atom is -0.393 e. The molecule has 1 saturated carbocycles. The summed E-state index contributed by atoms with van der Waals surface area (Å²) in [5, 5.41) is 14.6. The van der Waals surface area contributed by atoms with E-state index in [-0.39, 0.29) is 51.5 Å². The van der Waals surface area contributed by atoms with Crippen LogP contribution in [0.1, 0.15) is 90.6 Å². The molecule has 2 aromatic heterocycles. The van der Waals surface area contributed by atoms with E-state index >= 15 is 0 Å². The largest absolute Gasteiger partial charge is 0.408 e. The van der Waals surface area contributed by atoms with Gasteiger partial charge in [-0.15, -0.1) is 11.3 Å². The maximum atomic E-state index is 14.3. The second kappa shape index (κ2) is 11.2. The second-order valence-corrected chi connectivity index (χ2v) is 11.6. The van der Waals surface area contributed by atoms with Crippen molar-refractivity contribution in [1.82, 2.24) is 20.2 Å². The number of aromatic nitrogens is 2. The van der Waals surface area contributed by atoms with Crippen LogP contribution in [0, 0.1) is 0 Å². The van der Waals surface area contributed by atoms with Crippen molar-refractivity contribution in [3.8, 4) is 10.4 Å². The number of hydrogen-bond acceptors (Lipinski definition) is 7. The van der Waals surface area contributed by atoms with Gasteiger partial charge in [-0.1, -0.05) is 6.92 Å². The minimum absolute atomic E-state index is 0.0110. The summed E-state index contributed by atoms with van der Waals surface area (Å²) in [6.45, 7) is 1.31. The van der Waals surface area contributed by atoms with Crippen LogP contribution in [0.25, 0.3) is 10.4 Å². The molecule has 0 aromatic carbocycles. The van der Waals surface area contributed by atoms with Gasteiger partial charge in [0.05, 0.1) is 11.0 Å². The smallest absolute Gasteiger partial charge is 0.393 e. The van der Waals surface area contributed by atoms with Crippen LogP contribution in [0.2, 0.25) is 0 Å². The van der Waals surface area contributed by atoms with Crippen LogP contribution >= 0.6 is 11.3 Å². The first-order chi connectivity index (χ1) is 19.0. The van der Waals surface area contributed by atoms with E-state index in [2.05, 4.69) is 20.6 Å². The van der Waals surface area contributed by atoms with Crippen molar-refractivity contribution >= 4 is 29.0 Å². The molecule has 2 aliphatic heterocycles. The van der Waals surface area contributed by atoms with Crippen molar-refractivity contribution < 1.29 is 36.6 Å². The van der Waals surface area contributed by atoms with Gasteiger partial charge in [0.2, 0.25) is 0 Å². The Labute approximate surface area is 231 Å². The van der Waals surface area contributed by atoms with Gasteiger partial charge in [-0.05, 0) is 57.4 Å². The first kappa shape index (κ1) is 28.7. The Hall–Kier alpha value is -2.87. The van der Waals surface area contributed by atoms with E-state index in [1.807, 2.05) is 0 Å². The quantitative estimate of drug-likeness (QED) is 0.362. The third-order valence-electron chi connectivity index (χ3n) is 7.99. The van der Waals surface area contributed by atoms with E-state index in [0.717, 1.165) is 49.3 Å². The number of nitrogens with zero attached hydrogens (tertiary/aromatic N) is 3. The highest BCUT2D eigenvalue weighted by atomic mass is 32.1. The van der Waals surface area contributed by atoms with Crippen LogP contribution in [0.4, 0.5) is 27.8 Å². The molecule has 8 nitrogen and oxygen atoms in total. The number of pyridine rings is 1. The van der Waals surface area contributed by atoms with Crippen molar-refractivity contribution in [3.05, 3.63) is 28.5 Å². The summed E-state index contributed by atoms with van der Waals surface area (Å²) >= 11 is 0.768. The Morgan fingerprint density at radius 3 is 2.38 bits per heavy atom. The van der Waals surface area contributed by atoms with E-state index in [9.17, 15) is 36.6 Å². The zero-order chi connectivity index (χ0) is 28.8. The third kappa shape index (κ3) is 5.65. The summed E-state index contributed by atoms with van der Waals surface area (Å²) in [6.07, 6.45) is -2.78. The van der Waals surface area contributed by atoms with Gasteiger partial charge < -0.3 is 20.6 Å². The highest BCUT2D eigenvalue weighted by Crippen LogP contribution is 2.42. The maximum Gasteiger partial charge on any atom is 0.408 e. The fraction of sp³-hybridized carbons (Fsp3) is 0.615. The number of nitrogens with one attached hydrogen (secondary N) is 2. The molecule has 40 heavy (non-hydrogen) atoms. The lowest BCUT2D eigenvalue weighted by Crippen LogP contribution is -2.36. The Morgan fingerprint density at radius 1 is 1.15 bits per heavy atom. The van der Waals surface area contributed by atoms with Crippen LogP contribution in [-0.4, -0.2) is 68.2 Å². The summed E-state index contributed by atoms with van der Waals surface area (Å²) in [6, 6.07) is -1.39. The number of halogens is 5. The van der Waals surface area contributed by atoms with Crippen molar-refractivity contribution in [2.24, 2.45) is 0 Å². The van der Waals surface area contributed by atoms with Gasteiger partial charge in [0.25, 0.3) is 18.2 Å². The molecule has 2 aromatic rings. The highest BCUT2D eigenvalue weighted by molar-refractivity contribution is 7.17. The predicted octanol–water partition coefficient (Wildman–Crippen LogP) is 5.31. The molecular weight excluding hydrogens is 557 g/mol. The van der Waals surface area contributed by atoms with Gasteiger partial charge >= 0.3 is 6.18 Å². The van der Waals surface area contributed by atoms with Crippen LogP contribution in [0.15, 0.2) is 12.3 Å². The third-order valence-corrected chi connectivity index (χ3v) is 9.08. The van der Waals surface area contributed by atoms with E-state index < -0.39 is 42.1 Å². The van der Waals surface area contributed by atoms with E-state index in [0.29, 0.717) is 19.3 Å². The molecular formula is C26H30F5N5O3S. The molecule has 3 fully saturated rings. The Morgan fingerprint density at radius 2 is 1.82 bits per heavy atom. The summed E-state index contributed by atoms with van der Waals surface area (Å²) in [5.41, 5.74) is -0.933. The Kier molecular flexibility index (Phi) is 8.01. The standard InChI is InChI=1S/C26H30F5N5O3S/c1-2-18(26(29,30)31)34-19-10-16(22(27)28)17(11-32-19)21-20(25(39)36-13-4-5-14(36)7-6-13)35-24(40-21)23(38)33-12-3-8-15(37)9-12/h10-15,18,22,37H,2-9H2,1H3,(H,32,34)(H,33,38)/t12-,13-,14-,15-,18+/m1/s1. The number of aliphatic hydroxyl groups excluding tert-OH is 1. The average molecular weight is 588 g/mol. The van der Waals surface area contributed by atoms with E-state index in [4.69, 9.17) is 0 Å². The fourth-order valence-corrected chi connectivity index (χ4v) is 6.95. The van der Waals surface area contributed by atoms with Crippen LogP contribution in [-0.2, 0) is 0 Å². The molecule has 3 N–H and O–H groups in total. The summed E-state index contributed by atoms with van der Waals surface area (Å²) < 4.78 is 68.4. The lowest BCUT2D eigenvalue weighted by Gasteiger charge is -2.22. The molecule has 0 radical (unpaired) electrons. The van der Waals surface area contributed by atoms with Crippen LogP contribution < -0.4 is 10.6 Å². The maximum absolute atomic E-state index is 14.3. The molecule has 0 unspecified atom stereocenters. The molecule has 2 amide bonds. The molecule has 2 saturated heterocycles. The number of hydrogen-bond donors (Lipinski definition) is 3.